The van der Waals surface area contributed by atoms with Crippen LogP contribution in [0.5, 0.6) is 69.0 Å². The Bertz CT molecular complexity index is 7860. The van der Waals surface area contributed by atoms with Crippen molar-refractivity contribution in [3.05, 3.63) is 351 Å². The van der Waals surface area contributed by atoms with Gasteiger partial charge in [0.25, 0.3) is 0 Å². The van der Waals surface area contributed by atoms with Crippen LogP contribution in [0.2, 0.25) is 0 Å². The van der Waals surface area contributed by atoms with E-state index in [4.69, 9.17) is 45.5 Å². The molecule has 2 aliphatic rings. The average molecular weight is 1920 g/mol. The minimum atomic E-state index is -1.69. The van der Waals surface area contributed by atoms with Gasteiger partial charge in [-0.15, -0.1) is 0 Å². The number of carbonyl (C=O) groups is 2. The van der Waals surface area contributed by atoms with Gasteiger partial charge < -0.3 is 127 Å². The van der Waals surface area contributed by atoms with Gasteiger partial charge in [-0.2, -0.15) is 0 Å². The first-order chi connectivity index (χ1) is 67.4. The quantitative estimate of drug-likeness (QED) is 0.0505. The van der Waals surface area contributed by atoms with Crippen molar-refractivity contribution in [2.45, 2.75) is 96.0 Å². The second-order valence-corrected chi connectivity index (χ2v) is 32.5. The average Bonchev–Trinajstić information content (AvgIpc) is 0.699. The number of phenolic OH excluding ortho intramolecular Hbond substituents is 10. The number of aliphatic hydroxyl groups excluding tert-OH is 6. The fraction of sp³-hybridized carbons (Fsp3) is 0.140. The lowest BCUT2D eigenvalue weighted by atomic mass is 9.97. The molecule has 18 aromatic rings. The summed E-state index contributed by atoms with van der Waals surface area (Å²) in [7, 11) is 0. The molecule has 2 saturated heterocycles. The van der Waals surface area contributed by atoms with E-state index in [1.165, 1.54) is 81.4 Å². The molecular formula is C107H86O34. The highest BCUT2D eigenvalue weighted by molar-refractivity contribution is 5.93. The predicted octanol–water partition coefficient (Wildman–Crippen LogP) is 14.3. The Labute approximate surface area is 794 Å². The number of benzene rings is 12. The molecule has 20 rings (SSSR count). The molecule has 10 atom stereocenters. The Morgan fingerprint density at radius 1 is 0.262 bits per heavy atom. The van der Waals surface area contributed by atoms with Gasteiger partial charge in [0.1, 0.15) is 201 Å². The second kappa shape index (κ2) is 41.6. The molecule has 8 heterocycles. The lowest BCUT2D eigenvalue weighted by molar-refractivity contribution is -0.265. The van der Waals surface area contributed by atoms with E-state index in [-0.39, 0.29) is 145 Å². The number of hydrogen-bond donors (Lipinski definition) is 16. The summed E-state index contributed by atoms with van der Waals surface area (Å²) in [6.45, 7) is 7.19. The summed E-state index contributed by atoms with van der Waals surface area (Å²) >= 11 is 0. The molecule has 34 nitrogen and oxygen atoms in total. The Kier molecular flexibility index (Phi) is 28.9. The molecule has 2 fully saturated rings. The van der Waals surface area contributed by atoms with Crippen LogP contribution in [0.4, 0.5) is 0 Å². The van der Waals surface area contributed by atoms with Gasteiger partial charge in [-0.3, -0.25) is 38.4 Å². The van der Waals surface area contributed by atoms with E-state index in [0.29, 0.717) is 45.3 Å². The first-order valence-electron chi connectivity index (χ1n) is 43.1. The summed E-state index contributed by atoms with van der Waals surface area (Å²) in [5, 5.41) is 159. The maximum absolute atomic E-state index is 12.7. The molecule has 0 radical (unpaired) electrons. The van der Waals surface area contributed by atoms with Gasteiger partial charge in [-0.25, -0.2) is 0 Å². The third-order valence-electron chi connectivity index (χ3n) is 22.7. The van der Waals surface area contributed by atoms with E-state index in [1.54, 1.807) is 84.9 Å². The van der Waals surface area contributed by atoms with Crippen molar-refractivity contribution in [1.82, 2.24) is 0 Å². The van der Waals surface area contributed by atoms with E-state index >= 15 is 0 Å². The minimum absolute atomic E-state index is 0.00157. The van der Waals surface area contributed by atoms with Gasteiger partial charge in [0.05, 0.1) is 0 Å². The van der Waals surface area contributed by atoms with Gasteiger partial charge in [-0.1, -0.05) is 182 Å². The van der Waals surface area contributed by atoms with Crippen molar-refractivity contribution in [3.63, 3.8) is 0 Å². The number of ether oxygens (including phenoxy) is 4. The van der Waals surface area contributed by atoms with E-state index in [0.717, 1.165) is 47.4 Å². The molecule has 12 aromatic carbocycles. The van der Waals surface area contributed by atoms with E-state index in [2.05, 4.69) is 0 Å². The number of carbonyl (C=O) groups excluding carboxylic acids is 2. The number of aliphatic hydroxyl groups is 6. The third-order valence-corrected chi connectivity index (χ3v) is 22.7. The molecule has 0 aliphatic carbocycles. The SMILES string of the molecule is CC(=O)C1OC(Oc2cc(O)c3c(=O)cc(-c4ccccc4)oc3c2)C(O)C(O)C1O.CC(=O)C1OC(Oc2cc3oc(-c4ccccc4)cc(=O)c3c(O)c2C)C(O)C(O)C1O.Cc1c(O)cc2oc(-c3ccccc3)cc(=O)c2c1O.Cc1cc(O)c2c(=O)cc(-c3ccccc3)oc2c1.O=c1cc(-c2ccccc2)oc2cc(O)c(O)c(O)c12.O=c1cc(-c2ccccc2)oc2cc(O)cc(O)c12. The van der Waals surface area contributed by atoms with Crippen LogP contribution >= 0.6 is 0 Å². The number of fused-ring (bicyclic) bond motifs is 6. The summed E-state index contributed by atoms with van der Waals surface area (Å²) in [5.74, 6) is -2.62. The Hall–Kier alpha value is -17.5. The van der Waals surface area contributed by atoms with Crippen LogP contribution in [0.25, 0.3) is 134 Å². The zero-order valence-electron chi connectivity index (χ0n) is 74.8. The number of Topliss-reactive ketones (excluding diaryl/α,β-unsaturated/α-hetero) is 2. The van der Waals surface area contributed by atoms with Crippen LogP contribution in [-0.4, -0.2) is 155 Å². The van der Waals surface area contributed by atoms with Gasteiger partial charge in [-0.05, 0) is 52.3 Å². The molecule has 0 saturated carbocycles. The van der Waals surface area contributed by atoms with Crippen LogP contribution in [0.15, 0.2) is 328 Å². The van der Waals surface area contributed by atoms with Crippen LogP contribution in [0.3, 0.4) is 0 Å². The number of aryl methyl sites for hydroxylation is 1. The molecule has 6 aromatic heterocycles. The first kappa shape index (κ1) is 98.0. The van der Waals surface area contributed by atoms with Crippen LogP contribution in [-0.2, 0) is 19.1 Å². The lowest BCUT2D eigenvalue weighted by Crippen LogP contribution is -2.60. The fourth-order valence-corrected chi connectivity index (χ4v) is 15.4. The Morgan fingerprint density at radius 3 is 0.901 bits per heavy atom. The lowest BCUT2D eigenvalue weighted by Gasteiger charge is -2.39. The van der Waals surface area contributed by atoms with Crippen LogP contribution in [0.1, 0.15) is 30.5 Å². The summed E-state index contributed by atoms with van der Waals surface area (Å²) in [6.07, 6.45) is -15.8. The summed E-state index contributed by atoms with van der Waals surface area (Å²) in [6, 6.07) is 74.3. The minimum Gasteiger partial charge on any atom is -0.508 e. The highest BCUT2D eigenvalue weighted by Crippen LogP contribution is 2.44. The zero-order valence-corrected chi connectivity index (χ0v) is 74.8. The first-order valence-corrected chi connectivity index (χ1v) is 43.1. The number of phenols is 10. The van der Waals surface area contributed by atoms with Gasteiger partial charge >= 0.3 is 0 Å². The molecule has 0 spiro atoms. The summed E-state index contributed by atoms with van der Waals surface area (Å²) in [5.41, 5.74) is 4.04. The normalized spacial score (nSPS) is 17.5. The van der Waals surface area contributed by atoms with Crippen molar-refractivity contribution in [3.8, 4) is 137 Å². The molecule has 16 N–H and O–H groups in total. The molecule has 2 aliphatic heterocycles. The second-order valence-electron chi connectivity index (χ2n) is 32.5. The van der Waals surface area contributed by atoms with Crippen molar-refractivity contribution < 1.29 is 137 Å². The van der Waals surface area contributed by atoms with Crippen molar-refractivity contribution in [2.24, 2.45) is 0 Å². The maximum atomic E-state index is 12.7. The molecule has 718 valence electrons. The predicted molar refractivity (Wildman–Crippen MR) is 514 cm³/mol. The Morgan fingerprint density at radius 2 is 0.546 bits per heavy atom. The van der Waals surface area contributed by atoms with E-state index < -0.39 is 112 Å². The topological polar surface area (TPSA) is 576 Å². The number of hydrogen-bond acceptors (Lipinski definition) is 34. The maximum Gasteiger partial charge on any atom is 0.229 e. The number of aromatic hydroxyl groups is 10. The van der Waals surface area contributed by atoms with E-state index in [9.17, 15) is 120 Å². The summed E-state index contributed by atoms with van der Waals surface area (Å²) < 4.78 is 55.9. The molecule has 0 amide bonds. The van der Waals surface area contributed by atoms with Gasteiger partial charge in [0.2, 0.25) is 18.3 Å². The number of rotatable bonds is 12. The molecule has 34 heteroatoms. The van der Waals surface area contributed by atoms with Crippen molar-refractivity contribution in [2.75, 3.05) is 0 Å². The summed E-state index contributed by atoms with van der Waals surface area (Å²) in [4.78, 5) is 96.9. The monoisotopic (exact) mass is 1910 g/mol. The molecular weight excluding hydrogens is 1830 g/mol. The molecule has 0 bridgehead atoms. The van der Waals surface area contributed by atoms with Crippen molar-refractivity contribution in [1.29, 1.82) is 0 Å². The van der Waals surface area contributed by atoms with Crippen LogP contribution in [0, 0.1) is 20.8 Å². The standard InChI is InChI=1S/C23H22O9.C22H20O9.C16H12O4.C16H12O3.C15H10O5.C15H10O4/c1-10-14(31-23-21(29)19(27)20(28)22(32-23)11(2)24)9-16-17(18(10)26)13(25)8-15(30-16)12-6-4-3-5-7-12;1-10(23)21-19(27)18(26)20(28)22(31-21)29-12-7-13(24)17-14(25)9-15(30-16(17)8-12)11-5-3-2-4-6-11;1-9-11(17)7-14-15(16(9)19)12(18)8-13(20-14)10-5-3-2-4-6-10;1-10-7-12(17)16-13(18)9-14(19-15(16)8-10)11-5-3-2-4-6-11;16-9-6-11(8-4-2-1-3-5-8)20-12-7-10(17)14(18)15(19)13(9)12;16-10-6-11(17)15-12(18)8-13(19-14(15)7-10)9-4-2-1-3-5-9/h3-9,19-23,26-29H,1-2H3;2-9,18-22,24,26-28H,1H3;2-8,17,19H,1H3;2-9,17H,1H3;1-7,17-19H;1-8,16-17H. The molecule has 10 unspecified atom stereocenters. The fourth-order valence-electron chi connectivity index (χ4n) is 15.4. The van der Waals surface area contributed by atoms with E-state index in [1.807, 2.05) is 116 Å². The molecule has 141 heavy (non-hydrogen) atoms. The highest BCUT2D eigenvalue weighted by atomic mass is 16.7. The smallest absolute Gasteiger partial charge is 0.229 e. The number of ketones is 2. The van der Waals surface area contributed by atoms with Crippen LogP contribution < -0.4 is 42.0 Å². The van der Waals surface area contributed by atoms with Gasteiger partial charge in [0.15, 0.2) is 55.6 Å². The third kappa shape index (κ3) is 21.1. The largest absolute Gasteiger partial charge is 0.508 e. The Balaban J connectivity index is 0.000000130. The van der Waals surface area contributed by atoms with Crippen molar-refractivity contribution >= 4 is 77.4 Å². The van der Waals surface area contributed by atoms with Gasteiger partial charge in [0, 0.05) is 123 Å². The zero-order chi connectivity index (χ0) is 101. The highest BCUT2D eigenvalue weighted by Gasteiger charge is 2.48.